The third-order valence-corrected chi connectivity index (χ3v) is 3.55. The molecular formula is C15H23NO2. The highest BCUT2D eigenvalue weighted by Gasteiger charge is 2.26. The van der Waals surface area contributed by atoms with Crippen LogP contribution in [0, 0.1) is 12.8 Å². The van der Waals surface area contributed by atoms with Crippen molar-refractivity contribution in [2.45, 2.75) is 38.7 Å². The van der Waals surface area contributed by atoms with E-state index in [-0.39, 0.29) is 0 Å². The number of hydrogen-bond acceptors (Lipinski definition) is 3. The van der Waals surface area contributed by atoms with Crippen LogP contribution in [0.15, 0.2) is 28.7 Å². The fourth-order valence-electron chi connectivity index (χ4n) is 2.37. The van der Waals surface area contributed by atoms with E-state index in [1.807, 2.05) is 19.1 Å². The van der Waals surface area contributed by atoms with Gasteiger partial charge in [0.05, 0.1) is 0 Å². The number of allylic oxidation sites excluding steroid dienone is 2. The van der Waals surface area contributed by atoms with Gasteiger partial charge in [0.2, 0.25) is 0 Å². The first-order valence-corrected chi connectivity index (χ1v) is 6.73. The largest absolute Gasteiger partial charge is 0.463 e. The number of furan rings is 1. The van der Waals surface area contributed by atoms with Crippen LogP contribution in [0.5, 0.6) is 0 Å². The molecule has 0 aromatic carbocycles. The van der Waals surface area contributed by atoms with E-state index in [2.05, 4.69) is 17.5 Å². The van der Waals surface area contributed by atoms with Gasteiger partial charge in [-0.25, -0.2) is 0 Å². The normalized spacial score (nSPS) is 22.9. The van der Waals surface area contributed by atoms with Crippen molar-refractivity contribution in [3.63, 3.8) is 0 Å². The van der Waals surface area contributed by atoms with Crippen molar-refractivity contribution in [1.82, 2.24) is 5.32 Å². The molecule has 1 aliphatic rings. The molecule has 0 aliphatic heterocycles. The minimum atomic E-state index is -0.932. The molecule has 1 heterocycles. The van der Waals surface area contributed by atoms with E-state index >= 15 is 0 Å². The van der Waals surface area contributed by atoms with E-state index in [4.69, 9.17) is 4.42 Å². The quantitative estimate of drug-likeness (QED) is 0.789. The highest BCUT2D eigenvalue weighted by atomic mass is 16.4. The van der Waals surface area contributed by atoms with Gasteiger partial charge in [-0.05, 0) is 57.7 Å². The molecule has 1 aromatic rings. The summed E-state index contributed by atoms with van der Waals surface area (Å²) < 4.78 is 5.49. The maximum absolute atomic E-state index is 10.4. The molecule has 3 nitrogen and oxygen atoms in total. The Morgan fingerprint density at radius 1 is 1.44 bits per heavy atom. The molecule has 2 rings (SSSR count). The van der Waals surface area contributed by atoms with Crippen LogP contribution in [-0.2, 0) is 5.60 Å². The van der Waals surface area contributed by atoms with Gasteiger partial charge in [0, 0.05) is 6.54 Å². The van der Waals surface area contributed by atoms with Gasteiger partial charge < -0.3 is 14.8 Å². The first-order valence-electron chi connectivity index (χ1n) is 6.73. The highest BCUT2D eigenvalue weighted by molar-refractivity contribution is 5.12. The number of aliphatic hydroxyl groups is 1. The fourth-order valence-corrected chi connectivity index (χ4v) is 2.37. The Morgan fingerprint density at radius 2 is 2.28 bits per heavy atom. The average molecular weight is 249 g/mol. The number of nitrogens with one attached hydrogen (secondary N) is 1. The monoisotopic (exact) mass is 249 g/mol. The summed E-state index contributed by atoms with van der Waals surface area (Å²) >= 11 is 0. The molecule has 1 aliphatic carbocycles. The first kappa shape index (κ1) is 13.4. The summed E-state index contributed by atoms with van der Waals surface area (Å²) in [6.45, 7) is 5.17. The lowest BCUT2D eigenvalue weighted by molar-refractivity contribution is 0.0327. The lowest BCUT2D eigenvalue weighted by Crippen LogP contribution is -2.37. The van der Waals surface area contributed by atoms with E-state index in [0.717, 1.165) is 18.7 Å². The maximum Gasteiger partial charge on any atom is 0.136 e. The molecule has 0 amide bonds. The number of hydrogen-bond donors (Lipinski definition) is 2. The van der Waals surface area contributed by atoms with Gasteiger partial charge in [-0.2, -0.15) is 0 Å². The van der Waals surface area contributed by atoms with Crippen molar-refractivity contribution in [3.8, 4) is 0 Å². The van der Waals surface area contributed by atoms with Gasteiger partial charge in [0.25, 0.3) is 0 Å². The van der Waals surface area contributed by atoms with Crippen molar-refractivity contribution in [2.24, 2.45) is 5.92 Å². The summed E-state index contributed by atoms with van der Waals surface area (Å²) in [6.07, 6.45) is 8.07. The van der Waals surface area contributed by atoms with Gasteiger partial charge in [0.15, 0.2) is 0 Å². The van der Waals surface area contributed by atoms with Crippen LogP contribution in [0.1, 0.15) is 37.7 Å². The van der Waals surface area contributed by atoms with Crippen molar-refractivity contribution in [3.05, 3.63) is 35.8 Å². The van der Waals surface area contributed by atoms with E-state index in [0.29, 0.717) is 18.2 Å². The summed E-state index contributed by atoms with van der Waals surface area (Å²) in [6, 6.07) is 3.73. The summed E-state index contributed by atoms with van der Waals surface area (Å²) in [7, 11) is 0. The second-order valence-corrected chi connectivity index (χ2v) is 5.47. The summed E-state index contributed by atoms with van der Waals surface area (Å²) in [5, 5.41) is 13.7. The lowest BCUT2D eigenvalue weighted by Gasteiger charge is -2.24. The van der Waals surface area contributed by atoms with E-state index in [1.54, 1.807) is 6.92 Å². The van der Waals surface area contributed by atoms with Crippen molar-refractivity contribution < 1.29 is 9.52 Å². The van der Waals surface area contributed by atoms with Gasteiger partial charge >= 0.3 is 0 Å². The summed E-state index contributed by atoms with van der Waals surface area (Å²) in [5.41, 5.74) is -0.932. The topological polar surface area (TPSA) is 45.4 Å². The smallest absolute Gasteiger partial charge is 0.136 e. The average Bonchev–Trinajstić information content (AvgIpc) is 2.78. The zero-order valence-corrected chi connectivity index (χ0v) is 11.3. The van der Waals surface area contributed by atoms with Crippen LogP contribution >= 0.6 is 0 Å². The van der Waals surface area contributed by atoms with Crippen molar-refractivity contribution in [1.29, 1.82) is 0 Å². The van der Waals surface area contributed by atoms with E-state index in [1.165, 1.54) is 12.8 Å². The van der Waals surface area contributed by atoms with Crippen LogP contribution in [0.25, 0.3) is 0 Å². The Bertz CT molecular complexity index is 406. The molecule has 0 saturated carbocycles. The SMILES string of the molecule is Cc1ccc(C(C)(O)CNCC2CC=CCC2)o1. The van der Waals surface area contributed by atoms with Crippen LogP contribution in [0.4, 0.5) is 0 Å². The Hall–Kier alpha value is -1.06. The van der Waals surface area contributed by atoms with Gasteiger partial charge in [-0.1, -0.05) is 12.2 Å². The molecule has 0 fully saturated rings. The van der Waals surface area contributed by atoms with Crippen LogP contribution in [0.3, 0.4) is 0 Å². The molecule has 18 heavy (non-hydrogen) atoms. The maximum atomic E-state index is 10.4. The predicted octanol–water partition coefficient (Wildman–Crippen LogP) is 2.74. The minimum Gasteiger partial charge on any atom is -0.463 e. The highest BCUT2D eigenvalue weighted by Crippen LogP contribution is 2.22. The molecule has 0 radical (unpaired) electrons. The fraction of sp³-hybridized carbons (Fsp3) is 0.600. The first-order chi connectivity index (χ1) is 8.58. The Labute approximate surface area is 109 Å². The molecular weight excluding hydrogens is 226 g/mol. The summed E-state index contributed by atoms with van der Waals surface area (Å²) in [4.78, 5) is 0. The minimum absolute atomic E-state index is 0.528. The Balaban J connectivity index is 1.80. The zero-order chi connectivity index (χ0) is 13.0. The van der Waals surface area contributed by atoms with Crippen molar-refractivity contribution >= 4 is 0 Å². The van der Waals surface area contributed by atoms with Gasteiger partial charge in [-0.15, -0.1) is 0 Å². The number of aryl methyl sites for hydroxylation is 1. The Kier molecular flexibility index (Phi) is 4.25. The Morgan fingerprint density at radius 3 is 2.89 bits per heavy atom. The molecule has 1 aromatic heterocycles. The lowest BCUT2D eigenvalue weighted by atomic mass is 9.94. The molecule has 2 N–H and O–H groups in total. The molecule has 2 atom stereocenters. The van der Waals surface area contributed by atoms with Crippen LogP contribution < -0.4 is 5.32 Å². The molecule has 2 unspecified atom stereocenters. The molecule has 0 spiro atoms. The molecule has 3 heteroatoms. The predicted molar refractivity (Wildman–Crippen MR) is 72.4 cm³/mol. The second-order valence-electron chi connectivity index (χ2n) is 5.47. The van der Waals surface area contributed by atoms with Crippen LogP contribution in [0.2, 0.25) is 0 Å². The molecule has 0 saturated heterocycles. The van der Waals surface area contributed by atoms with Gasteiger partial charge in [0.1, 0.15) is 17.1 Å². The third-order valence-electron chi connectivity index (χ3n) is 3.55. The standard InChI is InChI=1S/C15H23NO2/c1-12-8-9-14(18-12)15(2,17)11-16-10-13-6-4-3-5-7-13/h3-4,8-9,13,16-17H,5-7,10-11H2,1-2H3. The molecule has 100 valence electrons. The van der Waals surface area contributed by atoms with Crippen molar-refractivity contribution in [2.75, 3.05) is 13.1 Å². The third kappa shape index (κ3) is 3.47. The molecule has 0 bridgehead atoms. The summed E-state index contributed by atoms with van der Waals surface area (Å²) in [5.74, 6) is 2.17. The van der Waals surface area contributed by atoms with Crippen LogP contribution in [-0.4, -0.2) is 18.2 Å². The zero-order valence-electron chi connectivity index (χ0n) is 11.3. The van der Waals surface area contributed by atoms with Gasteiger partial charge in [-0.3, -0.25) is 0 Å². The van der Waals surface area contributed by atoms with E-state index < -0.39 is 5.60 Å². The second kappa shape index (κ2) is 5.72. The number of rotatable bonds is 5. The van der Waals surface area contributed by atoms with E-state index in [9.17, 15) is 5.11 Å².